The van der Waals surface area contributed by atoms with Crippen molar-refractivity contribution >= 4 is 43.6 Å². The number of imidazole rings is 1. The lowest BCUT2D eigenvalue weighted by molar-refractivity contribution is 0.601. The molecule has 126 valence electrons. The predicted molar refractivity (Wildman–Crippen MR) is 101 cm³/mol. The molecule has 5 nitrogen and oxygen atoms in total. The number of hydrogen-bond acceptors (Lipinski definition) is 4. The summed E-state index contributed by atoms with van der Waals surface area (Å²) < 4.78 is 29.8. The lowest BCUT2D eigenvalue weighted by Crippen LogP contribution is -2.13. The van der Waals surface area contributed by atoms with Gasteiger partial charge in [0.25, 0.3) is 10.0 Å². The highest BCUT2D eigenvalue weighted by molar-refractivity contribution is 7.92. The maximum atomic E-state index is 12.6. The molecule has 4 aromatic rings. The molecule has 0 fully saturated rings. The number of thiazole rings is 1. The second-order valence-electron chi connectivity index (χ2n) is 5.32. The van der Waals surface area contributed by atoms with E-state index in [2.05, 4.69) is 9.71 Å². The first-order chi connectivity index (χ1) is 12.0. The molecule has 0 unspecified atom stereocenters. The Morgan fingerprint density at radius 3 is 2.60 bits per heavy atom. The lowest BCUT2D eigenvalue weighted by Gasteiger charge is -2.11. The zero-order chi connectivity index (χ0) is 17.4. The number of nitrogens with one attached hydrogen (secondary N) is 1. The molecular formula is C17H12ClN3O2S2. The minimum absolute atomic E-state index is 0.150. The Labute approximate surface area is 153 Å². The minimum Gasteiger partial charge on any atom is -0.297 e. The molecule has 0 amide bonds. The van der Waals surface area contributed by atoms with E-state index in [1.165, 1.54) is 23.5 Å². The Morgan fingerprint density at radius 2 is 1.84 bits per heavy atom. The summed E-state index contributed by atoms with van der Waals surface area (Å²) in [5, 5.41) is 2.43. The van der Waals surface area contributed by atoms with Crippen molar-refractivity contribution in [2.45, 2.75) is 4.90 Å². The van der Waals surface area contributed by atoms with Gasteiger partial charge >= 0.3 is 0 Å². The van der Waals surface area contributed by atoms with E-state index in [4.69, 9.17) is 11.6 Å². The molecule has 25 heavy (non-hydrogen) atoms. The molecular weight excluding hydrogens is 378 g/mol. The van der Waals surface area contributed by atoms with Gasteiger partial charge in [-0.3, -0.25) is 9.12 Å². The first-order valence-corrected chi connectivity index (χ1v) is 10.1. The van der Waals surface area contributed by atoms with E-state index < -0.39 is 10.0 Å². The number of fused-ring (bicyclic) bond motifs is 1. The zero-order valence-corrected chi connectivity index (χ0v) is 15.1. The van der Waals surface area contributed by atoms with E-state index in [-0.39, 0.29) is 4.90 Å². The van der Waals surface area contributed by atoms with Gasteiger partial charge in [-0.25, -0.2) is 13.4 Å². The SMILES string of the molecule is O=S(=O)(Nc1ccccc1-c1cn2ccsc2n1)c1ccc(Cl)cc1. The summed E-state index contributed by atoms with van der Waals surface area (Å²) >= 11 is 7.35. The van der Waals surface area contributed by atoms with Crippen molar-refractivity contribution in [3.63, 3.8) is 0 Å². The number of sulfonamides is 1. The highest BCUT2D eigenvalue weighted by Gasteiger charge is 2.17. The quantitative estimate of drug-likeness (QED) is 0.558. The van der Waals surface area contributed by atoms with Gasteiger partial charge in [-0.1, -0.05) is 29.8 Å². The first-order valence-electron chi connectivity index (χ1n) is 7.33. The lowest BCUT2D eigenvalue weighted by atomic mass is 10.1. The van der Waals surface area contributed by atoms with Gasteiger partial charge in [0.1, 0.15) is 0 Å². The Hall–Kier alpha value is -2.35. The van der Waals surface area contributed by atoms with Gasteiger partial charge in [-0.15, -0.1) is 11.3 Å². The normalized spacial score (nSPS) is 11.7. The van der Waals surface area contributed by atoms with Crippen LogP contribution in [-0.4, -0.2) is 17.8 Å². The average molecular weight is 390 g/mol. The van der Waals surface area contributed by atoms with Crippen molar-refractivity contribution in [1.82, 2.24) is 9.38 Å². The summed E-state index contributed by atoms with van der Waals surface area (Å²) in [6.45, 7) is 0. The number of hydrogen-bond donors (Lipinski definition) is 1. The van der Waals surface area contributed by atoms with Crippen LogP contribution < -0.4 is 4.72 Å². The van der Waals surface area contributed by atoms with Crippen molar-refractivity contribution in [3.8, 4) is 11.3 Å². The van der Waals surface area contributed by atoms with E-state index in [1.54, 1.807) is 24.3 Å². The number of benzene rings is 2. The number of rotatable bonds is 4. The van der Waals surface area contributed by atoms with E-state index in [9.17, 15) is 8.42 Å². The maximum Gasteiger partial charge on any atom is 0.261 e. The monoisotopic (exact) mass is 389 g/mol. The van der Waals surface area contributed by atoms with Crippen molar-refractivity contribution in [2.24, 2.45) is 0 Å². The maximum absolute atomic E-state index is 12.6. The number of nitrogens with zero attached hydrogens (tertiary/aromatic N) is 2. The van der Waals surface area contributed by atoms with Crippen LogP contribution in [0.2, 0.25) is 5.02 Å². The van der Waals surface area contributed by atoms with Gasteiger partial charge in [-0.05, 0) is 30.3 Å². The molecule has 0 bridgehead atoms. The first kappa shape index (κ1) is 16.1. The molecule has 0 aliphatic rings. The Balaban J connectivity index is 1.74. The third-order valence-corrected chi connectivity index (χ3v) is 6.07. The van der Waals surface area contributed by atoms with Gasteiger partial charge in [0.15, 0.2) is 4.96 Å². The second kappa shape index (κ2) is 6.18. The van der Waals surface area contributed by atoms with Crippen molar-refractivity contribution in [2.75, 3.05) is 4.72 Å². The summed E-state index contributed by atoms with van der Waals surface area (Å²) in [5.41, 5.74) is 1.90. The highest BCUT2D eigenvalue weighted by Crippen LogP contribution is 2.30. The molecule has 0 aliphatic heterocycles. The fourth-order valence-electron chi connectivity index (χ4n) is 2.47. The molecule has 0 atom stereocenters. The van der Waals surface area contributed by atoms with Crippen LogP contribution in [0.1, 0.15) is 0 Å². The van der Waals surface area contributed by atoms with Crippen LogP contribution in [0.5, 0.6) is 0 Å². The topological polar surface area (TPSA) is 63.5 Å². The Bertz CT molecular complexity index is 1120. The third-order valence-electron chi connectivity index (χ3n) is 3.66. The summed E-state index contributed by atoms with van der Waals surface area (Å²) in [4.78, 5) is 5.55. The van der Waals surface area contributed by atoms with Crippen LogP contribution in [0.4, 0.5) is 5.69 Å². The van der Waals surface area contributed by atoms with E-state index >= 15 is 0 Å². The van der Waals surface area contributed by atoms with Gasteiger partial charge < -0.3 is 0 Å². The summed E-state index contributed by atoms with van der Waals surface area (Å²) in [6, 6.07) is 13.2. The summed E-state index contributed by atoms with van der Waals surface area (Å²) in [5.74, 6) is 0. The van der Waals surface area contributed by atoms with Crippen LogP contribution in [-0.2, 0) is 10.0 Å². The standard InChI is InChI=1S/C17H12ClN3O2S2/c18-12-5-7-13(8-6-12)25(22,23)20-15-4-2-1-3-14(15)16-11-21-9-10-24-17(21)19-16/h1-11,20H. The predicted octanol–water partition coefficient (Wildman–Crippen LogP) is 4.52. The smallest absolute Gasteiger partial charge is 0.261 e. The number of halogens is 1. The van der Waals surface area contributed by atoms with Crippen LogP contribution in [0.25, 0.3) is 16.2 Å². The Morgan fingerprint density at radius 1 is 1.08 bits per heavy atom. The largest absolute Gasteiger partial charge is 0.297 e. The fraction of sp³-hybridized carbons (Fsp3) is 0. The van der Waals surface area contributed by atoms with Gasteiger partial charge in [0, 0.05) is 28.4 Å². The van der Waals surface area contributed by atoms with Crippen molar-refractivity contribution in [3.05, 3.63) is 71.3 Å². The van der Waals surface area contributed by atoms with E-state index in [1.807, 2.05) is 34.3 Å². The average Bonchev–Trinajstić information content (AvgIpc) is 3.17. The van der Waals surface area contributed by atoms with Crippen LogP contribution >= 0.6 is 22.9 Å². The van der Waals surface area contributed by atoms with E-state index in [0.717, 1.165) is 10.5 Å². The molecule has 0 saturated carbocycles. The van der Waals surface area contributed by atoms with Gasteiger partial charge in [0.2, 0.25) is 0 Å². The molecule has 8 heteroatoms. The van der Waals surface area contributed by atoms with Crippen LogP contribution in [0.3, 0.4) is 0 Å². The zero-order valence-electron chi connectivity index (χ0n) is 12.8. The van der Waals surface area contributed by atoms with Crippen LogP contribution in [0, 0.1) is 0 Å². The molecule has 4 rings (SSSR count). The number of aromatic nitrogens is 2. The highest BCUT2D eigenvalue weighted by atomic mass is 35.5. The number of para-hydroxylation sites is 1. The van der Waals surface area contributed by atoms with Gasteiger partial charge in [-0.2, -0.15) is 0 Å². The van der Waals surface area contributed by atoms with Crippen molar-refractivity contribution in [1.29, 1.82) is 0 Å². The molecule has 0 radical (unpaired) electrons. The molecule has 2 heterocycles. The second-order valence-corrected chi connectivity index (χ2v) is 8.32. The minimum atomic E-state index is -3.72. The fourth-order valence-corrected chi connectivity index (χ4v) is 4.38. The summed E-state index contributed by atoms with van der Waals surface area (Å²) in [6.07, 6.45) is 3.79. The molecule has 2 aromatic heterocycles. The van der Waals surface area contributed by atoms with Crippen LogP contribution in [0.15, 0.2) is 71.2 Å². The van der Waals surface area contributed by atoms with Crippen molar-refractivity contribution < 1.29 is 8.42 Å². The number of anilines is 1. The Kier molecular flexibility index (Phi) is 3.99. The molecule has 0 spiro atoms. The molecule has 0 aliphatic carbocycles. The van der Waals surface area contributed by atoms with Gasteiger partial charge in [0.05, 0.1) is 16.3 Å². The molecule has 1 N–H and O–H groups in total. The molecule has 2 aromatic carbocycles. The summed E-state index contributed by atoms with van der Waals surface area (Å²) in [7, 11) is -3.72. The molecule has 0 saturated heterocycles. The third kappa shape index (κ3) is 3.13. The van der Waals surface area contributed by atoms with E-state index in [0.29, 0.717) is 16.4 Å².